The van der Waals surface area contributed by atoms with E-state index in [-0.39, 0.29) is 18.9 Å². The predicted molar refractivity (Wildman–Crippen MR) is 15.1 cm³/mol. The molecule has 0 heterocycles. The van der Waals surface area contributed by atoms with Gasteiger partial charge in [0.05, 0.1) is 0 Å². The van der Waals surface area contributed by atoms with Crippen LogP contribution in [0.5, 0.6) is 0 Å². The van der Waals surface area contributed by atoms with E-state index < -0.39 is 13.1 Å². The van der Waals surface area contributed by atoms with Crippen LogP contribution >= 0.6 is 0 Å². The molecule has 0 N–H and O–H groups in total. The molecule has 0 rings (SSSR count). The summed E-state index contributed by atoms with van der Waals surface area (Å²) in [5.41, 5.74) is 0. The topological polar surface area (TPSA) is 0 Å². The molecule has 0 aliphatic heterocycles. The van der Waals surface area contributed by atoms with Gasteiger partial charge in [-0.25, -0.2) is 13.2 Å². The van der Waals surface area contributed by atoms with Gasteiger partial charge >= 0.3 is 31.9 Å². The zero-order chi connectivity index (χ0) is 7.00. The van der Waals surface area contributed by atoms with Gasteiger partial charge in [0.2, 0.25) is 0 Å². The van der Waals surface area contributed by atoms with E-state index in [1.807, 2.05) is 0 Å². The summed E-state index contributed by atoms with van der Waals surface area (Å²) < 4.78 is 62.9. The third kappa shape index (κ3) is 3.76. The molecule has 0 fully saturated rings. The van der Waals surface area contributed by atoms with Crippen molar-refractivity contribution in [2.45, 2.75) is 6.08 Å². The molecule has 0 bridgehead atoms. The van der Waals surface area contributed by atoms with Crippen molar-refractivity contribution in [3.05, 3.63) is 0 Å². The molecule has 0 atom stereocenters. The fraction of sp³-hybridized carbons (Fsp3) is 1.00. The van der Waals surface area contributed by atoms with Gasteiger partial charge in [-0.1, -0.05) is 0 Å². The summed E-state index contributed by atoms with van der Waals surface area (Å²) in [6, 6.07) is 0. The first-order valence-corrected chi connectivity index (χ1v) is 1.51. The molecule has 0 saturated carbocycles. The quantitative estimate of drug-likeness (QED) is 0.300. The third-order valence-corrected chi connectivity index (χ3v) is 0.371. The number of hydrogen-bond acceptors (Lipinski definition) is 0. The molecule has 0 aromatic rings. The van der Waals surface area contributed by atoms with E-state index in [0.717, 1.165) is 0 Å². The Bertz CT molecular complexity index is 68.0. The van der Waals surface area contributed by atoms with Crippen molar-refractivity contribution in [1.29, 1.82) is 0 Å². The summed E-state index contributed by atoms with van der Waals surface area (Å²) in [7, 11) is 0. The fourth-order valence-electron chi connectivity index (χ4n) is 0. The van der Waals surface area contributed by atoms with Crippen molar-refractivity contribution < 1.29 is 45.0 Å². The van der Waals surface area contributed by atoms with Gasteiger partial charge in [0.1, 0.15) is 0 Å². The summed E-state index contributed by atoms with van der Waals surface area (Å²) in [5.74, 6) is 0. The second kappa shape index (κ2) is 2.88. The van der Waals surface area contributed by atoms with Crippen molar-refractivity contribution in [3.8, 4) is 0 Å². The van der Waals surface area contributed by atoms with E-state index in [2.05, 4.69) is 0 Å². The molecular weight excluding hydrogens is 144 g/mol. The van der Waals surface area contributed by atoms with Crippen molar-refractivity contribution in [3.63, 3.8) is 0 Å². The third-order valence-electron chi connectivity index (χ3n) is 0.371. The van der Waals surface area contributed by atoms with Crippen LogP contribution in [0.3, 0.4) is 0 Å². The molecule has 9 heavy (non-hydrogen) atoms. The molecule has 0 unspecified atom stereocenters. The average molecular weight is 144 g/mol. The fourth-order valence-corrected chi connectivity index (χ4v) is 0. The van der Waals surface area contributed by atoms with Crippen LogP contribution in [0.4, 0.5) is 26.1 Å². The first-order chi connectivity index (χ1) is 3.25. The van der Waals surface area contributed by atoms with Gasteiger partial charge in [0.15, 0.2) is 0 Å². The molecule has 0 amide bonds. The van der Waals surface area contributed by atoms with Crippen LogP contribution in [0, 0.1) is 0 Å². The first-order valence-electron chi connectivity index (χ1n) is 1.51. The van der Waals surface area contributed by atoms with Crippen molar-refractivity contribution in [2.75, 3.05) is 0 Å². The standard InChI is InChI=1S/CBF6.Li/c3-1(4,5)2(6,7)8;/q-1;+1. The van der Waals surface area contributed by atoms with E-state index in [0.29, 0.717) is 0 Å². The maximum atomic E-state index is 10.5. The van der Waals surface area contributed by atoms with Crippen molar-refractivity contribution in [1.82, 2.24) is 0 Å². The monoisotopic (exact) mass is 144 g/mol. The second-order valence-corrected chi connectivity index (χ2v) is 1.12. The van der Waals surface area contributed by atoms with Crippen LogP contribution in [0.2, 0.25) is 0 Å². The zero-order valence-electron chi connectivity index (χ0n) is 4.35. The number of alkyl halides is 3. The molecule has 0 aliphatic carbocycles. The van der Waals surface area contributed by atoms with Crippen LogP contribution in [-0.4, -0.2) is 13.1 Å². The molecular formula is CBF6Li. The van der Waals surface area contributed by atoms with E-state index in [1.165, 1.54) is 0 Å². The molecule has 0 saturated heterocycles. The van der Waals surface area contributed by atoms with Crippen LogP contribution in [-0.2, 0) is 0 Å². The Morgan fingerprint density at radius 1 is 0.889 bits per heavy atom. The summed E-state index contributed by atoms with van der Waals surface area (Å²) in [4.78, 5) is 0. The Kier molecular flexibility index (Phi) is 3.84. The van der Waals surface area contributed by atoms with Gasteiger partial charge < -0.3 is 12.9 Å². The van der Waals surface area contributed by atoms with Crippen LogP contribution < -0.4 is 18.9 Å². The molecule has 8 heteroatoms. The molecule has 0 aromatic heterocycles. The van der Waals surface area contributed by atoms with Crippen molar-refractivity contribution >= 4 is 6.98 Å². The van der Waals surface area contributed by atoms with Gasteiger partial charge in [0, 0.05) is 0 Å². The molecule has 50 valence electrons. The molecule has 0 aromatic carbocycles. The zero-order valence-corrected chi connectivity index (χ0v) is 4.35. The molecule has 0 spiro atoms. The Morgan fingerprint density at radius 3 is 1.00 bits per heavy atom. The number of hydrogen-bond donors (Lipinski definition) is 0. The Hall–Kier alpha value is 0.242. The van der Waals surface area contributed by atoms with Gasteiger partial charge in [-0.05, 0) is 0 Å². The molecule has 0 aliphatic rings. The van der Waals surface area contributed by atoms with E-state index in [9.17, 15) is 26.1 Å². The largest absolute Gasteiger partial charge is 1.00 e. The average Bonchev–Trinajstić information content (AvgIpc) is 1.25. The van der Waals surface area contributed by atoms with Gasteiger partial charge in [-0.15, -0.1) is 0 Å². The second-order valence-electron chi connectivity index (χ2n) is 1.12. The van der Waals surface area contributed by atoms with Crippen LogP contribution in [0.25, 0.3) is 0 Å². The van der Waals surface area contributed by atoms with E-state index in [4.69, 9.17) is 0 Å². The maximum absolute atomic E-state index is 10.5. The number of rotatable bonds is 0. The van der Waals surface area contributed by atoms with E-state index in [1.54, 1.807) is 0 Å². The summed E-state index contributed by atoms with van der Waals surface area (Å²) in [6.07, 6.45) is -6.00. The van der Waals surface area contributed by atoms with Crippen LogP contribution in [0.15, 0.2) is 0 Å². The van der Waals surface area contributed by atoms with E-state index >= 15 is 0 Å². The first kappa shape index (κ1) is 12.0. The predicted octanol–water partition coefficient (Wildman–Crippen LogP) is -1.06. The Morgan fingerprint density at radius 2 is 1.00 bits per heavy atom. The summed E-state index contributed by atoms with van der Waals surface area (Å²) in [5, 5.41) is 0. The Balaban J connectivity index is 0. The summed E-state index contributed by atoms with van der Waals surface area (Å²) in [6.45, 7) is -6.65. The maximum Gasteiger partial charge on any atom is 1.00 e. The normalized spacial score (nSPS) is 12.7. The molecule has 0 radical (unpaired) electrons. The minimum absolute atomic E-state index is 0. The SMILES string of the molecule is F[B-](F)(F)C(F)(F)F.[Li+]. The molecule has 0 nitrogen and oxygen atoms in total. The van der Waals surface area contributed by atoms with Crippen molar-refractivity contribution in [2.24, 2.45) is 0 Å². The van der Waals surface area contributed by atoms with Gasteiger partial charge in [-0.3, -0.25) is 0 Å². The minimum atomic E-state index is -6.65. The van der Waals surface area contributed by atoms with Gasteiger partial charge in [0.25, 0.3) is 0 Å². The van der Waals surface area contributed by atoms with Gasteiger partial charge in [-0.2, -0.15) is 0 Å². The summed E-state index contributed by atoms with van der Waals surface area (Å²) >= 11 is 0. The van der Waals surface area contributed by atoms with Crippen LogP contribution in [0.1, 0.15) is 0 Å². The number of halogens is 6. The minimum Gasteiger partial charge on any atom is -0.443 e. The smallest absolute Gasteiger partial charge is 0.443 e. The Labute approximate surface area is 58.8 Å².